The molecule has 34 heavy (non-hydrogen) atoms. The zero-order valence-electron chi connectivity index (χ0n) is 22.4. The van der Waals surface area contributed by atoms with Crippen molar-refractivity contribution in [2.24, 2.45) is 29.6 Å². The maximum absolute atomic E-state index is 4.65. The average Bonchev–Trinajstić information content (AvgIpc) is 2.81. The third-order valence-electron chi connectivity index (χ3n) is 8.52. The summed E-state index contributed by atoms with van der Waals surface area (Å²) in [5.41, 5.74) is 9.43. The Kier molecular flexibility index (Phi) is 9.17. The Balaban J connectivity index is 1.66. The molecule has 0 spiro atoms. The van der Waals surface area contributed by atoms with Crippen LogP contribution in [-0.4, -0.2) is 0 Å². The summed E-state index contributed by atoms with van der Waals surface area (Å²) < 4.78 is 0. The van der Waals surface area contributed by atoms with Crippen LogP contribution in [0.1, 0.15) is 75.6 Å². The first-order valence-corrected chi connectivity index (χ1v) is 13.3. The summed E-state index contributed by atoms with van der Waals surface area (Å²) in [6, 6.07) is 18.0. The van der Waals surface area contributed by atoms with Gasteiger partial charge >= 0.3 is 0 Å². The summed E-state index contributed by atoms with van der Waals surface area (Å²) in [7, 11) is 0. The molecule has 3 unspecified atom stereocenters. The first kappa shape index (κ1) is 26.3. The van der Waals surface area contributed by atoms with Crippen molar-refractivity contribution in [1.82, 2.24) is 0 Å². The SMILES string of the molecule is C=C(CC1CC(C(=C)C[C@@H](Cc2ccc(CC)cc2)C(=C)C)C[C@@H](C)C1C)c1cccc(C)c1. The molecule has 1 aliphatic rings. The molecule has 1 aliphatic carbocycles. The van der Waals surface area contributed by atoms with Gasteiger partial charge in [0.1, 0.15) is 0 Å². The Morgan fingerprint density at radius 2 is 1.65 bits per heavy atom. The number of allylic oxidation sites excluding steroid dienone is 3. The minimum absolute atomic E-state index is 0.468. The molecule has 0 radical (unpaired) electrons. The molecule has 0 saturated heterocycles. The predicted octanol–water partition coefficient (Wildman–Crippen LogP) is 9.64. The molecule has 0 nitrogen and oxygen atoms in total. The number of hydrogen-bond donors (Lipinski definition) is 0. The Bertz CT molecular complexity index is 989. The number of hydrogen-bond acceptors (Lipinski definition) is 0. The van der Waals surface area contributed by atoms with E-state index in [9.17, 15) is 0 Å². The molecular weight excluding hydrogens is 408 g/mol. The van der Waals surface area contributed by atoms with Gasteiger partial charge in [0.2, 0.25) is 0 Å². The van der Waals surface area contributed by atoms with Gasteiger partial charge in [-0.2, -0.15) is 0 Å². The van der Waals surface area contributed by atoms with E-state index in [-0.39, 0.29) is 0 Å². The van der Waals surface area contributed by atoms with Gasteiger partial charge in [0, 0.05) is 0 Å². The Morgan fingerprint density at radius 1 is 0.971 bits per heavy atom. The fourth-order valence-corrected chi connectivity index (χ4v) is 5.81. The molecule has 0 heteroatoms. The molecule has 182 valence electrons. The van der Waals surface area contributed by atoms with Gasteiger partial charge in [0.25, 0.3) is 0 Å². The van der Waals surface area contributed by atoms with Crippen LogP contribution in [0.4, 0.5) is 0 Å². The summed E-state index contributed by atoms with van der Waals surface area (Å²) >= 11 is 0. The second-order valence-corrected chi connectivity index (χ2v) is 11.2. The van der Waals surface area contributed by atoms with E-state index in [1.165, 1.54) is 51.8 Å². The van der Waals surface area contributed by atoms with E-state index >= 15 is 0 Å². The summed E-state index contributed by atoms with van der Waals surface area (Å²) in [5, 5.41) is 0. The highest BCUT2D eigenvalue weighted by atomic mass is 14.4. The topological polar surface area (TPSA) is 0 Å². The Hall–Kier alpha value is -2.34. The molecule has 1 saturated carbocycles. The van der Waals surface area contributed by atoms with Crippen molar-refractivity contribution in [1.29, 1.82) is 0 Å². The largest absolute Gasteiger partial charge is 0.0998 e. The molecule has 1 fully saturated rings. The molecule has 0 amide bonds. The lowest BCUT2D eigenvalue weighted by atomic mass is 9.64. The van der Waals surface area contributed by atoms with Crippen molar-refractivity contribution in [2.75, 3.05) is 0 Å². The van der Waals surface area contributed by atoms with Gasteiger partial charge in [0.05, 0.1) is 0 Å². The standard InChI is InChI=1S/C34H46/c1-9-29-13-15-30(16-14-29)21-32(23(2)3)19-27(7)33-18-25(5)28(8)34(22-33)20-26(6)31-12-10-11-24(4)17-31/h10-17,25,28,32-34H,2,6-7,9,18-22H2,1,3-5,8H3/t25-,28?,32+,33?,34?/m1/s1. The first-order chi connectivity index (χ1) is 16.2. The van der Waals surface area contributed by atoms with Gasteiger partial charge in [-0.1, -0.05) is 106 Å². The molecule has 0 heterocycles. The molecule has 0 N–H and O–H groups in total. The van der Waals surface area contributed by atoms with Gasteiger partial charge in [0.15, 0.2) is 0 Å². The molecule has 0 aromatic heterocycles. The maximum atomic E-state index is 4.65. The van der Waals surface area contributed by atoms with Crippen molar-refractivity contribution < 1.29 is 0 Å². The summed E-state index contributed by atoms with van der Waals surface area (Å²) in [6.45, 7) is 25.0. The van der Waals surface area contributed by atoms with Crippen molar-refractivity contribution in [3.63, 3.8) is 0 Å². The molecule has 2 aromatic carbocycles. The monoisotopic (exact) mass is 454 g/mol. The molecular formula is C34H46. The quantitative estimate of drug-likeness (QED) is 0.313. The van der Waals surface area contributed by atoms with Gasteiger partial charge in [-0.15, -0.1) is 0 Å². The average molecular weight is 455 g/mol. The zero-order chi connectivity index (χ0) is 24.8. The summed E-state index contributed by atoms with van der Waals surface area (Å²) in [6.07, 6.45) is 6.81. The third-order valence-corrected chi connectivity index (χ3v) is 8.52. The van der Waals surface area contributed by atoms with Crippen molar-refractivity contribution >= 4 is 5.57 Å². The molecule has 0 aliphatic heterocycles. The van der Waals surface area contributed by atoms with Crippen molar-refractivity contribution in [3.8, 4) is 0 Å². The molecule has 5 atom stereocenters. The lowest BCUT2D eigenvalue weighted by Crippen LogP contribution is -2.31. The highest BCUT2D eigenvalue weighted by molar-refractivity contribution is 5.64. The van der Waals surface area contributed by atoms with E-state index in [0.29, 0.717) is 17.8 Å². The van der Waals surface area contributed by atoms with Crippen LogP contribution in [-0.2, 0) is 12.8 Å². The Morgan fingerprint density at radius 3 is 2.26 bits per heavy atom. The van der Waals surface area contributed by atoms with Crippen LogP contribution in [0.3, 0.4) is 0 Å². The highest BCUT2D eigenvalue weighted by Gasteiger charge is 2.34. The van der Waals surface area contributed by atoms with Crippen LogP contribution in [0.5, 0.6) is 0 Å². The second kappa shape index (κ2) is 11.9. The van der Waals surface area contributed by atoms with E-state index in [1.807, 2.05) is 0 Å². The van der Waals surface area contributed by atoms with Crippen LogP contribution < -0.4 is 0 Å². The number of benzene rings is 2. The lowest BCUT2D eigenvalue weighted by molar-refractivity contribution is 0.146. The van der Waals surface area contributed by atoms with E-state index < -0.39 is 0 Å². The minimum Gasteiger partial charge on any atom is -0.0998 e. The van der Waals surface area contributed by atoms with Gasteiger partial charge in [-0.05, 0) is 104 Å². The van der Waals surface area contributed by atoms with Gasteiger partial charge in [-0.25, -0.2) is 0 Å². The normalized spacial score (nSPS) is 23.3. The van der Waals surface area contributed by atoms with Crippen LogP contribution in [0.15, 0.2) is 79.4 Å². The van der Waals surface area contributed by atoms with Gasteiger partial charge < -0.3 is 0 Å². The van der Waals surface area contributed by atoms with Crippen molar-refractivity contribution in [3.05, 3.63) is 102 Å². The fourth-order valence-electron chi connectivity index (χ4n) is 5.81. The summed E-state index contributed by atoms with van der Waals surface area (Å²) in [5.74, 6) is 3.18. The maximum Gasteiger partial charge on any atom is -0.0131 e. The fraction of sp³-hybridized carbons (Fsp3) is 0.471. The Labute approximate surface area is 209 Å². The van der Waals surface area contributed by atoms with Crippen LogP contribution in [0.25, 0.3) is 5.57 Å². The molecule has 2 aromatic rings. The second-order valence-electron chi connectivity index (χ2n) is 11.2. The highest BCUT2D eigenvalue weighted by Crippen LogP contribution is 2.45. The van der Waals surface area contributed by atoms with Gasteiger partial charge in [-0.3, -0.25) is 0 Å². The van der Waals surface area contributed by atoms with Crippen molar-refractivity contribution in [2.45, 2.75) is 73.1 Å². The third kappa shape index (κ3) is 6.84. The van der Waals surface area contributed by atoms with Crippen LogP contribution in [0, 0.1) is 36.5 Å². The van der Waals surface area contributed by atoms with E-state index in [0.717, 1.165) is 37.5 Å². The smallest absolute Gasteiger partial charge is 0.0131 e. The number of aryl methyl sites for hydroxylation is 2. The predicted molar refractivity (Wildman–Crippen MR) is 151 cm³/mol. The summed E-state index contributed by atoms with van der Waals surface area (Å²) in [4.78, 5) is 0. The van der Waals surface area contributed by atoms with E-state index in [4.69, 9.17) is 0 Å². The van der Waals surface area contributed by atoms with E-state index in [1.54, 1.807) is 0 Å². The number of rotatable bonds is 10. The first-order valence-electron chi connectivity index (χ1n) is 13.3. The zero-order valence-corrected chi connectivity index (χ0v) is 22.4. The van der Waals surface area contributed by atoms with E-state index in [2.05, 4.69) is 103 Å². The van der Waals surface area contributed by atoms with Crippen LogP contribution in [0.2, 0.25) is 0 Å². The minimum atomic E-state index is 0.468. The lowest BCUT2D eigenvalue weighted by Gasteiger charge is -2.41. The van der Waals surface area contributed by atoms with Crippen LogP contribution >= 0.6 is 0 Å². The molecule has 0 bridgehead atoms. The molecule has 3 rings (SSSR count).